The van der Waals surface area contributed by atoms with Crippen LogP contribution >= 0.6 is 0 Å². The van der Waals surface area contributed by atoms with E-state index in [1.54, 1.807) is 6.20 Å². The van der Waals surface area contributed by atoms with Gasteiger partial charge in [-0.05, 0) is 43.9 Å². The summed E-state index contributed by atoms with van der Waals surface area (Å²) < 4.78 is 11.8. The first kappa shape index (κ1) is 14.8. The Bertz CT molecular complexity index is 466. The number of pyridine rings is 1. The molecule has 0 aromatic carbocycles. The highest BCUT2D eigenvalue weighted by Gasteiger charge is 2.44. The van der Waals surface area contributed by atoms with E-state index in [0.717, 1.165) is 25.3 Å². The van der Waals surface area contributed by atoms with E-state index >= 15 is 0 Å². The predicted molar refractivity (Wildman–Crippen MR) is 82.4 cm³/mol. The number of ether oxygens (including phenoxy) is 2. The summed E-state index contributed by atoms with van der Waals surface area (Å²) in [5.41, 5.74) is 1.23. The second-order valence-electron chi connectivity index (χ2n) is 6.11. The maximum atomic E-state index is 6.04. The molecule has 4 nitrogen and oxygen atoms in total. The summed E-state index contributed by atoms with van der Waals surface area (Å²) >= 11 is 0. The molecular weight excluding hydrogens is 264 g/mol. The zero-order chi connectivity index (χ0) is 14.7. The molecule has 4 unspecified atom stereocenters. The topological polar surface area (TPSA) is 43.4 Å². The Kier molecular flexibility index (Phi) is 4.76. The van der Waals surface area contributed by atoms with E-state index in [-0.39, 0.29) is 0 Å². The minimum Gasteiger partial charge on any atom is -0.492 e. The summed E-state index contributed by atoms with van der Waals surface area (Å²) in [5, 5.41) is 3.63. The molecule has 2 aliphatic rings. The van der Waals surface area contributed by atoms with Crippen LogP contribution in [0.3, 0.4) is 0 Å². The Morgan fingerprint density at radius 3 is 2.95 bits per heavy atom. The Morgan fingerprint density at radius 2 is 2.29 bits per heavy atom. The smallest absolute Gasteiger partial charge is 0.137 e. The molecule has 0 saturated carbocycles. The van der Waals surface area contributed by atoms with Gasteiger partial charge in [-0.25, -0.2) is 0 Å². The van der Waals surface area contributed by atoms with Crippen molar-refractivity contribution < 1.29 is 9.47 Å². The minimum atomic E-state index is 0.322. The van der Waals surface area contributed by atoms with Crippen LogP contribution in [-0.2, 0) is 4.74 Å². The van der Waals surface area contributed by atoms with E-state index in [1.807, 2.05) is 6.20 Å². The van der Waals surface area contributed by atoms with Crippen LogP contribution in [0.1, 0.15) is 51.1 Å². The van der Waals surface area contributed by atoms with E-state index in [1.165, 1.54) is 24.8 Å². The van der Waals surface area contributed by atoms with Crippen molar-refractivity contribution in [3.8, 4) is 5.75 Å². The summed E-state index contributed by atoms with van der Waals surface area (Å²) in [7, 11) is 0. The molecule has 0 radical (unpaired) electrons. The summed E-state index contributed by atoms with van der Waals surface area (Å²) in [5.74, 6) is 1.44. The summed E-state index contributed by atoms with van der Waals surface area (Å²) in [6.45, 7) is 5.98. The molecular formula is C17H26N2O2. The van der Waals surface area contributed by atoms with Crippen molar-refractivity contribution >= 4 is 0 Å². The highest BCUT2D eigenvalue weighted by atomic mass is 16.5. The number of fused-ring (bicyclic) bond motifs is 2. The fourth-order valence-corrected chi connectivity index (χ4v) is 3.67. The van der Waals surface area contributed by atoms with Crippen molar-refractivity contribution in [2.24, 2.45) is 5.92 Å². The molecule has 0 amide bonds. The minimum absolute atomic E-state index is 0.322. The third kappa shape index (κ3) is 3.22. The van der Waals surface area contributed by atoms with Gasteiger partial charge in [0.2, 0.25) is 0 Å². The van der Waals surface area contributed by atoms with Gasteiger partial charge in [-0.15, -0.1) is 0 Å². The molecule has 0 aliphatic carbocycles. The van der Waals surface area contributed by atoms with Crippen LogP contribution in [0.15, 0.2) is 18.5 Å². The number of rotatable bonds is 7. The van der Waals surface area contributed by atoms with Gasteiger partial charge in [0, 0.05) is 18.2 Å². The van der Waals surface area contributed by atoms with Crippen LogP contribution in [0, 0.1) is 5.92 Å². The van der Waals surface area contributed by atoms with Crippen LogP contribution in [0.2, 0.25) is 0 Å². The largest absolute Gasteiger partial charge is 0.492 e. The van der Waals surface area contributed by atoms with E-state index in [2.05, 4.69) is 30.2 Å². The molecule has 2 saturated heterocycles. The van der Waals surface area contributed by atoms with Crippen LogP contribution in [0.5, 0.6) is 5.75 Å². The highest BCUT2D eigenvalue weighted by Crippen LogP contribution is 2.44. The highest BCUT2D eigenvalue weighted by molar-refractivity contribution is 5.27. The Labute approximate surface area is 127 Å². The van der Waals surface area contributed by atoms with Gasteiger partial charge in [-0.2, -0.15) is 0 Å². The van der Waals surface area contributed by atoms with E-state index in [0.29, 0.717) is 24.2 Å². The molecule has 0 spiro atoms. The molecule has 4 atom stereocenters. The Balaban J connectivity index is 1.77. The summed E-state index contributed by atoms with van der Waals surface area (Å²) in [6, 6.07) is 2.46. The van der Waals surface area contributed by atoms with Crippen LogP contribution in [0.4, 0.5) is 0 Å². The number of nitrogens with zero attached hydrogens (tertiary/aromatic N) is 1. The van der Waals surface area contributed by atoms with Crippen molar-refractivity contribution in [3.05, 3.63) is 24.0 Å². The standard InChI is InChI=1S/C17H26N2O2/c1-3-7-20-14-8-12(10-18-11-14)17(19-4-2)15-9-13-5-6-16(15)21-13/h8,10-11,13,15-17,19H,3-7,9H2,1-2H3. The average Bonchev–Trinajstić information content (AvgIpc) is 3.13. The van der Waals surface area contributed by atoms with Gasteiger partial charge in [0.1, 0.15) is 5.75 Å². The molecule has 1 N–H and O–H groups in total. The van der Waals surface area contributed by atoms with Gasteiger partial charge in [0.25, 0.3) is 0 Å². The lowest BCUT2D eigenvalue weighted by Crippen LogP contribution is -2.33. The van der Waals surface area contributed by atoms with Crippen molar-refractivity contribution in [1.82, 2.24) is 10.3 Å². The van der Waals surface area contributed by atoms with Crippen LogP contribution in [-0.4, -0.2) is 30.3 Å². The molecule has 1 aromatic rings. The van der Waals surface area contributed by atoms with Gasteiger partial charge in [-0.3, -0.25) is 4.98 Å². The zero-order valence-electron chi connectivity index (χ0n) is 13.0. The van der Waals surface area contributed by atoms with Gasteiger partial charge < -0.3 is 14.8 Å². The molecule has 2 fully saturated rings. The molecule has 2 bridgehead atoms. The molecule has 1 aromatic heterocycles. The third-order valence-corrected chi connectivity index (χ3v) is 4.57. The molecule has 4 heteroatoms. The quantitative estimate of drug-likeness (QED) is 0.838. The molecule has 2 aliphatic heterocycles. The lowest BCUT2D eigenvalue weighted by molar-refractivity contribution is 0.0857. The average molecular weight is 290 g/mol. The number of hydrogen-bond donors (Lipinski definition) is 1. The van der Waals surface area contributed by atoms with Crippen molar-refractivity contribution in [3.63, 3.8) is 0 Å². The molecule has 116 valence electrons. The Hall–Kier alpha value is -1.13. The summed E-state index contributed by atoms with van der Waals surface area (Å²) in [6.07, 6.45) is 9.29. The van der Waals surface area contributed by atoms with Gasteiger partial charge in [-0.1, -0.05) is 13.8 Å². The van der Waals surface area contributed by atoms with E-state index < -0.39 is 0 Å². The fourth-order valence-electron chi connectivity index (χ4n) is 3.67. The number of nitrogens with one attached hydrogen (secondary N) is 1. The SMILES string of the molecule is CCCOc1cncc(C(NCC)C2CC3CCC2O3)c1. The number of hydrogen-bond acceptors (Lipinski definition) is 4. The third-order valence-electron chi connectivity index (χ3n) is 4.57. The number of aromatic nitrogens is 1. The van der Waals surface area contributed by atoms with E-state index in [4.69, 9.17) is 9.47 Å². The first-order chi connectivity index (χ1) is 10.3. The molecule has 3 rings (SSSR count). The zero-order valence-corrected chi connectivity index (χ0v) is 13.0. The van der Waals surface area contributed by atoms with Crippen molar-refractivity contribution in [2.75, 3.05) is 13.2 Å². The second kappa shape index (κ2) is 6.75. The first-order valence-corrected chi connectivity index (χ1v) is 8.28. The van der Waals surface area contributed by atoms with Crippen molar-refractivity contribution in [1.29, 1.82) is 0 Å². The monoisotopic (exact) mass is 290 g/mol. The fraction of sp³-hybridized carbons (Fsp3) is 0.706. The molecule has 21 heavy (non-hydrogen) atoms. The van der Waals surface area contributed by atoms with Crippen molar-refractivity contribution in [2.45, 2.75) is 57.8 Å². The van der Waals surface area contributed by atoms with E-state index in [9.17, 15) is 0 Å². The van der Waals surface area contributed by atoms with Gasteiger partial charge in [0.05, 0.1) is 25.0 Å². The summed E-state index contributed by atoms with van der Waals surface area (Å²) in [4.78, 5) is 4.37. The first-order valence-electron chi connectivity index (χ1n) is 8.28. The maximum absolute atomic E-state index is 6.04. The normalized spacial score (nSPS) is 28.8. The lowest BCUT2D eigenvalue weighted by atomic mass is 9.81. The van der Waals surface area contributed by atoms with Gasteiger partial charge >= 0.3 is 0 Å². The second-order valence-corrected chi connectivity index (χ2v) is 6.11. The van der Waals surface area contributed by atoms with Crippen LogP contribution < -0.4 is 10.1 Å². The van der Waals surface area contributed by atoms with Gasteiger partial charge in [0.15, 0.2) is 0 Å². The maximum Gasteiger partial charge on any atom is 0.137 e. The lowest BCUT2D eigenvalue weighted by Gasteiger charge is -2.29. The predicted octanol–water partition coefficient (Wildman–Crippen LogP) is 3.09. The van der Waals surface area contributed by atoms with Crippen LogP contribution in [0.25, 0.3) is 0 Å². The molecule has 3 heterocycles. The Morgan fingerprint density at radius 1 is 1.38 bits per heavy atom.